The number of unbranched alkanes of at least 4 members (excludes halogenated alkanes) is 1. The number of ether oxygens (including phenoxy) is 2. The standard InChI is InChI=1S/C19H27NO2/c1-6-7-8-9-15-10-14(2)18(13-20-15)21-16-11-17(12-16)22-19(3,4)5/h10,13,16-17H,6-7,11-12H2,1-5H3. The zero-order chi connectivity index (χ0) is 16.2. The SMILES string of the molecule is CCCC#Cc1cc(C)c(OC2CC(OC(C)(C)C)C2)cn1. The first kappa shape index (κ1) is 16.8. The molecule has 1 aliphatic rings. The van der Waals surface area contributed by atoms with E-state index in [0.29, 0.717) is 6.10 Å². The van der Waals surface area contributed by atoms with Crippen LogP contribution in [0.2, 0.25) is 0 Å². The van der Waals surface area contributed by atoms with Gasteiger partial charge in [0, 0.05) is 19.3 Å². The molecule has 1 heterocycles. The summed E-state index contributed by atoms with van der Waals surface area (Å²) >= 11 is 0. The Morgan fingerprint density at radius 2 is 2.00 bits per heavy atom. The third-order valence-electron chi connectivity index (χ3n) is 3.52. The molecule has 0 N–H and O–H groups in total. The van der Waals surface area contributed by atoms with Gasteiger partial charge in [-0.05, 0) is 51.7 Å². The maximum absolute atomic E-state index is 6.02. The van der Waals surface area contributed by atoms with Crippen molar-refractivity contribution in [1.82, 2.24) is 4.98 Å². The quantitative estimate of drug-likeness (QED) is 0.778. The molecular weight excluding hydrogens is 274 g/mol. The summed E-state index contributed by atoms with van der Waals surface area (Å²) in [6, 6.07) is 2.00. The van der Waals surface area contributed by atoms with Crippen molar-refractivity contribution in [3.63, 3.8) is 0 Å². The zero-order valence-electron chi connectivity index (χ0n) is 14.4. The van der Waals surface area contributed by atoms with E-state index in [9.17, 15) is 0 Å². The normalized spacial score (nSPS) is 20.8. The van der Waals surface area contributed by atoms with Crippen molar-refractivity contribution >= 4 is 0 Å². The number of hydrogen-bond donors (Lipinski definition) is 0. The maximum Gasteiger partial charge on any atom is 0.141 e. The van der Waals surface area contributed by atoms with E-state index in [1.54, 1.807) is 6.20 Å². The Hall–Kier alpha value is -1.53. The van der Waals surface area contributed by atoms with Gasteiger partial charge >= 0.3 is 0 Å². The molecule has 0 radical (unpaired) electrons. The van der Waals surface area contributed by atoms with E-state index in [-0.39, 0.29) is 11.7 Å². The predicted molar refractivity (Wildman–Crippen MR) is 89.0 cm³/mol. The minimum Gasteiger partial charge on any atom is -0.488 e. The van der Waals surface area contributed by atoms with Crippen molar-refractivity contribution in [2.75, 3.05) is 0 Å². The molecule has 1 aliphatic carbocycles. The third kappa shape index (κ3) is 5.03. The van der Waals surface area contributed by atoms with Gasteiger partial charge in [0.25, 0.3) is 0 Å². The summed E-state index contributed by atoms with van der Waals surface area (Å²) in [5.41, 5.74) is 1.84. The van der Waals surface area contributed by atoms with Crippen LogP contribution in [0, 0.1) is 18.8 Å². The number of aryl methyl sites for hydroxylation is 1. The lowest BCUT2D eigenvalue weighted by molar-refractivity contribution is -0.126. The van der Waals surface area contributed by atoms with Crippen molar-refractivity contribution in [2.24, 2.45) is 0 Å². The highest BCUT2D eigenvalue weighted by molar-refractivity contribution is 5.37. The largest absolute Gasteiger partial charge is 0.488 e. The summed E-state index contributed by atoms with van der Waals surface area (Å²) in [5, 5.41) is 0. The second-order valence-corrected chi connectivity index (χ2v) is 6.95. The van der Waals surface area contributed by atoms with Gasteiger partial charge in [0.2, 0.25) is 0 Å². The third-order valence-corrected chi connectivity index (χ3v) is 3.52. The second kappa shape index (κ2) is 7.15. The number of hydrogen-bond acceptors (Lipinski definition) is 3. The topological polar surface area (TPSA) is 31.4 Å². The van der Waals surface area contributed by atoms with Gasteiger partial charge in [-0.1, -0.05) is 12.8 Å². The van der Waals surface area contributed by atoms with Crippen LogP contribution in [0.4, 0.5) is 0 Å². The van der Waals surface area contributed by atoms with Crippen LogP contribution >= 0.6 is 0 Å². The fraction of sp³-hybridized carbons (Fsp3) is 0.632. The molecule has 0 spiro atoms. The molecule has 22 heavy (non-hydrogen) atoms. The van der Waals surface area contributed by atoms with Crippen LogP contribution in [0.1, 0.15) is 64.6 Å². The molecule has 3 nitrogen and oxygen atoms in total. The molecule has 120 valence electrons. The first-order chi connectivity index (χ1) is 10.4. The van der Waals surface area contributed by atoms with E-state index in [1.807, 2.05) is 13.0 Å². The summed E-state index contributed by atoms with van der Waals surface area (Å²) in [6.45, 7) is 10.4. The van der Waals surface area contributed by atoms with E-state index in [2.05, 4.69) is 44.5 Å². The van der Waals surface area contributed by atoms with E-state index in [4.69, 9.17) is 9.47 Å². The van der Waals surface area contributed by atoms with Crippen LogP contribution in [0.25, 0.3) is 0 Å². The lowest BCUT2D eigenvalue weighted by Crippen LogP contribution is -2.43. The van der Waals surface area contributed by atoms with Crippen molar-refractivity contribution < 1.29 is 9.47 Å². The Morgan fingerprint density at radius 3 is 2.59 bits per heavy atom. The predicted octanol–water partition coefficient (Wildman–Crippen LogP) is 4.27. The highest BCUT2D eigenvalue weighted by Gasteiger charge is 2.34. The molecule has 3 heteroatoms. The lowest BCUT2D eigenvalue weighted by atomic mass is 9.91. The van der Waals surface area contributed by atoms with Crippen LogP contribution in [0.5, 0.6) is 5.75 Å². The molecule has 0 amide bonds. The van der Waals surface area contributed by atoms with Crippen molar-refractivity contribution in [1.29, 1.82) is 0 Å². The van der Waals surface area contributed by atoms with E-state index in [1.165, 1.54) is 0 Å². The molecule has 2 rings (SSSR count). The molecule has 0 aliphatic heterocycles. The van der Waals surface area contributed by atoms with Crippen molar-refractivity contribution in [3.8, 4) is 17.6 Å². The first-order valence-corrected chi connectivity index (χ1v) is 8.17. The highest BCUT2D eigenvalue weighted by Crippen LogP contribution is 2.32. The molecular formula is C19H27NO2. The second-order valence-electron chi connectivity index (χ2n) is 6.95. The summed E-state index contributed by atoms with van der Waals surface area (Å²) in [4.78, 5) is 4.37. The minimum atomic E-state index is -0.0775. The smallest absolute Gasteiger partial charge is 0.141 e. The van der Waals surface area contributed by atoms with Gasteiger partial charge in [-0.2, -0.15) is 0 Å². The Morgan fingerprint density at radius 1 is 1.27 bits per heavy atom. The fourth-order valence-corrected chi connectivity index (χ4v) is 2.40. The average molecular weight is 301 g/mol. The van der Waals surface area contributed by atoms with Crippen LogP contribution < -0.4 is 4.74 Å². The molecule has 0 atom stereocenters. The molecule has 0 aromatic carbocycles. The Kier molecular flexibility index (Phi) is 5.47. The van der Waals surface area contributed by atoms with Gasteiger partial charge < -0.3 is 9.47 Å². The maximum atomic E-state index is 6.02. The van der Waals surface area contributed by atoms with Gasteiger partial charge in [0.15, 0.2) is 0 Å². The van der Waals surface area contributed by atoms with Gasteiger partial charge in [0.05, 0.1) is 17.9 Å². The highest BCUT2D eigenvalue weighted by atomic mass is 16.5. The van der Waals surface area contributed by atoms with Gasteiger partial charge in [-0.3, -0.25) is 0 Å². The lowest BCUT2D eigenvalue weighted by Gasteiger charge is -2.39. The van der Waals surface area contributed by atoms with Crippen molar-refractivity contribution in [3.05, 3.63) is 23.5 Å². The molecule has 1 saturated carbocycles. The van der Waals surface area contributed by atoms with E-state index in [0.717, 1.165) is 42.7 Å². The molecule has 1 aromatic heterocycles. The fourth-order valence-electron chi connectivity index (χ4n) is 2.40. The van der Waals surface area contributed by atoms with E-state index < -0.39 is 0 Å². The molecule has 0 bridgehead atoms. The summed E-state index contributed by atoms with van der Waals surface area (Å²) in [6.07, 6.45) is 6.25. The summed E-state index contributed by atoms with van der Waals surface area (Å²) in [5.74, 6) is 7.07. The van der Waals surface area contributed by atoms with Crippen LogP contribution in [-0.4, -0.2) is 22.8 Å². The van der Waals surface area contributed by atoms with Gasteiger partial charge in [-0.25, -0.2) is 4.98 Å². The Bertz CT molecular complexity index is 557. The van der Waals surface area contributed by atoms with Gasteiger partial charge in [0.1, 0.15) is 17.5 Å². The van der Waals surface area contributed by atoms with Gasteiger partial charge in [-0.15, -0.1) is 0 Å². The van der Waals surface area contributed by atoms with Crippen LogP contribution in [0.15, 0.2) is 12.3 Å². The van der Waals surface area contributed by atoms with E-state index >= 15 is 0 Å². The number of rotatable bonds is 4. The summed E-state index contributed by atoms with van der Waals surface area (Å²) < 4.78 is 11.9. The number of nitrogens with zero attached hydrogens (tertiary/aromatic N) is 1. The first-order valence-electron chi connectivity index (χ1n) is 8.17. The zero-order valence-corrected chi connectivity index (χ0v) is 14.4. The molecule has 0 unspecified atom stereocenters. The Balaban J connectivity index is 1.86. The average Bonchev–Trinajstić information content (AvgIpc) is 2.37. The minimum absolute atomic E-state index is 0.0775. The monoisotopic (exact) mass is 301 g/mol. The number of pyridine rings is 1. The molecule has 1 fully saturated rings. The summed E-state index contributed by atoms with van der Waals surface area (Å²) in [7, 11) is 0. The molecule has 1 aromatic rings. The van der Waals surface area contributed by atoms with Crippen LogP contribution in [-0.2, 0) is 4.74 Å². The van der Waals surface area contributed by atoms with Crippen molar-refractivity contribution in [2.45, 2.75) is 78.1 Å². The molecule has 0 saturated heterocycles. The number of aromatic nitrogens is 1. The Labute approximate surface area is 134 Å². The van der Waals surface area contributed by atoms with Crippen LogP contribution in [0.3, 0.4) is 0 Å².